The van der Waals surface area contributed by atoms with Crippen molar-refractivity contribution in [2.75, 3.05) is 6.54 Å². The Kier molecular flexibility index (Phi) is 3.49. The Morgan fingerprint density at radius 1 is 1.50 bits per heavy atom. The van der Waals surface area contributed by atoms with Crippen molar-refractivity contribution in [1.82, 2.24) is 5.32 Å². The van der Waals surface area contributed by atoms with Gasteiger partial charge in [0.05, 0.1) is 0 Å². The summed E-state index contributed by atoms with van der Waals surface area (Å²) in [6.07, 6.45) is 3.47. The van der Waals surface area contributed by atoms with E-state index in [-0.39, 0.29) is 0 Å². The lowest BCUT2D eigenvalue weighted by Gasteiger charge is -2.17. The van der Waals surface area contributed by atoms with E-state index in [9.17, 15) is 5.11 Å². The highest BCUT2D eigenvalue weighted by molar-refractivity contribution is 5.39. The van der Waals surface area contributed by atoms with E-state index in [2.05, 4.69) is 25.2 Å². The Hall–Kier alpha value is -1.02. The van der Waals surface area contributed by atoms with E-state index in [0.717, 1.165) is 25.3 Å². The van der Waals surface area contributed by atoms with Gasteiger partial charge in [-0.2, -0.15) is 0 Å². The topological polar surface area (TPSA) is 32.3 Å². The van der Waals surface area contributed by atoms with E-state index < -0.39 is 0 Å². The number of hydrogen-bond donors (Lipinski definition) is 2. The molecule has 2 N–H and O–H groups in total. The quantitative estimate of drug-likeness (QED) is 0.816. The third kappa shape index (κ3) is 2.38. The second kappa shape index (κ2) is 4.88. The number of nitrogens with one attached hydrogen (secondary N) is 1. The predicted octanol–water partition coefficient (Wildman–Crippen LogP) is 3.02. The van der Waals surface area contributed by atoms with Gasteiger partial charge in [-0.15, -0.1) is 0 Å². The molecule has 2 atom stereocenters. The van der Waals surface area contributed by atoms with Crippen LogP contribution in [0.1, 0.15) is 43.9 Å². The Balaban J connectivity index is 2.01. The molecule has 1 aromatic carbocycles. The smallest absolute Gasteiger partial charge is 0.115 e. The van der Waals surface area contributed by atoms with Gasteiger partial charge in [0.25, 0.3) is 0 Å². The SMILES string of the molecule is CCC(C)CNC1CCc2cc(O)ccc21. The largest absolute Gasteiger partial charge is 0.508 e. The molecular weight excluding hydrogens is 198 g/mol. The van der Waals surface area contributed by atoms with Gasteiger partial charge in [0.15, 0.2) is 0 Å². The highest BCUT2D eigenvalue weighted by atomic mass is 16.3. The molecule has 0 heterocycles. The fraction of sp³-hybridized carbons (Fsp3) is 0.571. The number of fused-ring (bicyclic) bond motifs is 1. The summed E-state index contributed by atoms with van der Waals surface area (Å²) in [5.74, 6) is 1.13. The van der Waals surface area contributed by atoms with Gasteiger partial charge in [-0.25, -0.2) is 0 Å². The predicted molar refractivity (Wildman–Crippen MR) is 66.6 cm³/mol. The number of aryl methyl sites for hydroxylation is 1. The molecule has 1 aromatic rings. The van der Waals surface area contributed by atoms with Gasteiger partial charge in [-0.05, 0) is 48.6 Å². The van der Waals surface area contributed by atoms with Crippen molar-refractivity contribution in [3.8, 4) is 5.75 Å². The molecule has 0 fully saturated rings. The fourth-order valence-electron chi connectivity index (χ4n) is 2.30. The van der Waals surface area contributed by atoms with Crippen molar-refractivity contribution in [1.29, 1.82) is 0 Å². The summed E-state index contributed by atoms with van der Waals surface area (Å²) in [5, 5.41) is 13.0. The third-order valence-electron chi connectivity index (χ3n) is 3.61. The van der Waals surface area contributed by atoms with Crippen LogP contribution in [0.4, 0.5) is 0 Å². The number of rotatable bonds is 4. The van der Waals surface area contributed by atoms with Crippen LogP contribution in [-0.2, 0) is 6.42 Å². The highest BCUT2D eigenvalue weighted by Gasteiger charge is 2.22. The molecule has 0 saturated carbocycles. The minimum absolute atomic E-state index is 0.390. The lowest BCUT2D eigenvalue weighted by molar-refractivity contribution is 0.443. The summed E-state index contributed by atoms with van der Waals surface area (Å²) in [7, 11) is 0. The molecule has 0 aromatic heterocycles. The van der Waals surface area contributed by atoms with E-state index in [1.807, 2.05) is 6.07 Å². The van der Waals surface area contributed by atoms with Gasteiger partial charge in [0.2, 0.25) is 0 Å². The van der Waals surface area contributed by atoms with E-state index in [1.165, 1.54) is 17.5 Å². The lowest BCUT2D eigenvalue weighted by atomic mass is 10.1. The standard InChI is InChI=1S/C14H21NO/c1-3-10(2)9-15-14-7-4-11-8-12(16)5-6-13(11)14/h5-6,8,10,14-16H,3-4,7,9H2,1-2H3. The normalized spacial score (nSPS) is 20.8. The van der Waals surface area contributed by atoms with Crippen molar-refractivity contribution in [3.05, 3.63) is 29.3 Å². The van der Waals surface area contributed by atoms with Crippen molar-refractivity contribution < 1.29 is 5.11 Å². The van der Waals surface area contributed by atoms with Crippen LogP contribution in [0.15, 0.2) is 18.2 Å². The minimum atomic E-state index is 0.390. The molecule has 2 rings (SSSR count). The highest BCUT2D eigenvalue weighted by Crippen LogP contribution is 2.33. The second-order valence-corrected chi connectivity index (χ2v) is 4.90. The first-order chi connectivity index (χ1) is 7.70. The summed E-state index contributed by atoms with van der Waals surface area (Å²) in [6, 6.07) is 6.25. The fourth-order valence-corrected chi connectivity index (χ4v) is 2.30. The average molecular weight is 219 g/mol. The Bertz CT molecular complexity index is 362. The van der Waals surface area contributed by atoms with E-state index in [1.54, 1.807) is 6.07 Å². The first kappa shape index (κ1) is 11.5. The molecule has 2 nitrogen and oxygen atoms in total. The van der Waals surface area contributed by atoms with E-state index >= 15 is 0 Å². The summed E-state index contributed by atoms with van der Waals surface area (Å²) >= 11 is 0. The Morgan fingerprint density at radius 3 is 3.06 bits per heavy atom. The maximum Gasteiger partial charge on any atom is 0.115 e. The van der Waals surface area contributed by atoms with Crippen LogP contribution in [0.3, 0.4) is 0 Å². The molecule has 0 spiro atoms. The number of phenols is 1. The van der Waals surface area contributed by atoms with Crippen LogP contribution < -0.4 is 5.32 Å². The summed E-state index contributed by atoms with van der Waals surface area (Å²) in [6.45, 7) is 5.59. The van der Waals surface area contributed by atoms with Gasteiger partial charge < -0.3 is 10.4 Å². The van der Waals surface area contributed by atoms with E-state index in [0.29, 0.717) is 11.8 Å². The summed E-state index contributed by atoms with van der Waals surface area (Å²) in [5.41, 5.74) is 2.68. The number of aromatic hydroxyl groups is 1. The zero-order chi connectivity index (χ0) is 11.5. The molecule has 1 aliphatic rings. The monoisotopic (exact) mass is 219 g/mol. The molecule has 0 bridgehead atoms. The van der Waals surface area contributed by atoms with Crippen LogP contribution >= 0.6 is 0 Å². The Morgan fingerprint density at radius 2 is 2.31 bits per heavy atom. The molecule has 0 saturated heterocycles. The van der Waals surface area contributed by atoms with Gasteiger partial charge in [0.1, 0.15) is 5.75 Å². The van der Waals surface area contributed by atoms with Gasteiger partial charge >= 0.3 is 0 Å². The molecule has 0 radical (unpaired) electrons. The first-order valence-corrected chi connectivity index (χ1v) is 6.26. The van der Waals surface area contributed by atoms with Gasteiger partial charge in [0, 0.05) is 6.04 Å². The third-order valence-corrected chi connectivity index (χ3v) is 3.61. The van der Waals surface area contributed by atoms with Crippen molar-refractivity contribution in [2.45, 2.75) is 39.2 Å². The molecule has 2 heteroatoms. The maximum atomic E-state index is 9.42. The van der Waals surface area contributed by atoms with Crippen molar-refractivity contribution in [2.24, 2.45) is 5.92 Å². The van der Waals surface area contributed by atoms with Gasteiger partial charge in [-0.1, -0.05) is 26.3 Å². The molecule has 1 aliphatic carbocycles. The first-order valence-electron chi connectivity index (χ1n) is 6.26. The lowest BCUT2D eigenvalue weighted by Crippen LogP contribution is -2.24. The second-order valence-electron chi connectivity index (χ2n) is 4.90. The van der Waals surface area contributed by atoms with Crippen LogP contribution in [0.5, 0.6) is 5.75 Å². The summed E-state index contributed by atoms with van der Waals surface area (Å²) in [4.78, 5) is 0. The molecule has 2 unspecified atom stereocenters. The van der Waals surface area contributed by atoms with Crippen LogP contribution in [0.25, 0.3) is 0 Å². The zero-order valence-electron chi connectivity index (χ0n) is 10.2. The minimum Gasteiger partial charge on any atom is -0.508 e. The summed E-state index contributed by atoms with van der Waals surface area (Å²) < 4.78 is 0. The van der Waals surface area contributed by atoms with Gasteiger partial charge in [-0.3, -0.25) is 0 Å². The van der Waals surface area contributed by atoms with Crippen molar-refractivity contribution >= 4 is 0 Å². The zero-order valence-corrected chi connectivity index (χ0v) is 10.2. The molecule has 16 heavy (non-hydrogen) atoms. The molecule has 0 aliphatic heterocycles. The molecule has 0 amide bonds. The van der Waals surface area contributed by atoms with Crippen LogP contribution in [-0.4, -0.2) is 11.7 Å². The molecule has 88 valence electrons. The maximum absolute atomic E-state index is 9.42. The molecular formula is C14H21NO. The number of phenolic OH excluding ortho intramolecular Hbond substituents is 1. The van der Waals surface area contributed by atoms with Crippen molar-refractivity contribution in [3.63, 3.8) is 0 Å². The number of benzene rings is 1. The number of hydrogen-bond acceptors (Lipinski definition) is 2. The van der Waals surface area contributed by atoms with Crippen LogP contribution in [0, 0.1) is 5.92 Å². The van der Waals surface area contributed by atoms with E-state index in [4.69, 9.17) is 0 Å². The van der Waals surface area contributed by atoms with Crippen LogP contribution in [0.2, 0.25) is 0 Å². The average Bonchev–Trinajstić information content (AvgIpc) is 2.68. The Labute approximate surface area is 97.7 Å².